The van der Waals surface area contributed by atoms with Gasteiger partial charge >= 0.3 is 0 Å². The van der Waals surface area contributed by atoms with E-state index in [9.17, 15) is 0 Å². The van der Waals surface area contributed by atoms with Crippen LogP contribution in [0.3, 0.4) is 0 Å². The Kier molecular flexibility index (Phi) is 5.33. The van der Waals surface area contributed by atoms with E-state index in [4.69, 9.17) is 0 Å². The molecule has 132 valence electrons. The number of benzene rings is 1. The van der Waals surface area contributed by atoms with Gasteiger partial charge in [0.2, 0.25) is 0 Å². The van der Waals surface area contributed by atoms with E-state index in [2.05, 4.69) is 85.0 Å². The van der Waals surface area contributed by atoms with Crippen LogP contribution in [-0.2, 0) is 0 Å². The lowest BCUT2D eigenvalue weighted by Gasteiger charge is -2.16. The number of nitrogens with zero attached hydrogens (tertiary/aromatic N) is 3. The van der Waals surface area contributed by atoms with Crippen LogP contribution < -0.4 is 5.43 Å². The van der Waals surface area contributed by atoms with E-state index in [1.54, 1.807) is 11.8 Å². The van der Waals surface area contributed by atoms with Crippen LogP contribution in [-0.4, -0.2) is 27.7 Å². The van der Waals surface area contributed by atoms with Crippen LogP contribution >= 0.6 is 11.8 Å². The van der Waals surface area contributed by atoms with Gasteiger partial charge in [-0.15, -0.1) is 0 Å². The van der Waals surface area contributed by atoms with Crippen LogP contribution in [0.1, 0.15) is 36.4 Å². The minimum Gasteiger partial charge on any atom is -0.318 e. The van der Waals surface area contributed by atoms with E-state index >= 15 is 0 Å². The number of aliphatic imine (C=N–C) groups is 1. The maximum Gasteiger partial charge on any atom is 0.177 e. The summed E-state index contributed by atoms with van der Waals surface area (Å²) in [5.74, 6) is 1.41. The number of nitrogens with one attached hydrogen (secondary N) is 1. The third-order valence-electron chi connectivity index (χ3n) is 4.33. The molecule has 0 spiro atoms. The van der Waals surface area contributed by atoms with Gasteiger partial charge in [-0.1, -0.05) is 43.8 Å². The van der Waals surface area contributed by atoms with Crippen molar-refractivity contribution in [1.82, 2.24) is 9.99 Å². The first-order chi connectivity index (χ1) is 12.0. The van der Waals surface area contributed by atoms with Gasteiger partial charge in [0.15, 0.2) is 5.17 Å². The average molecular weight is 355 g/mol. The number of thioether (sulfide) groups is 1. The molecule has 25 heavy (non-hydrogen) atoms. The molecule has 3 rings (SSSR count). The van der Waals surface area contributed by atoms with E-state index < -0.39 is 0 Å². The molecule has 2 heterocycles. The van der Waals surface area contributed by atoms with Gasteiger partial charge in [-0.25, -0.2) is 0 Å². The highest BCUT2D eigenvalue weighted by molar-refractivity contribution is 8.14. The molecule has 0 fully saturated rings. The van der Waals surface area contributed by atoms with Crippen molar-refractivity contribution >= 4 is 22.6 Å². The molecule has 5 heteroatoms. The minimum atomic E-state index is 0.563. The topological polar surface area (TPSA) is 41.7 Å². The number of aryl methyl sites for hydroxylation is 2. The Morgan fingerprint density at radius 1 is 1.24 bits per heavy atom. The highest BCUT2D eigenvalue weighted by atomic mass is 32.2. The number of hydrogen-bond donors (Lipinski definition) is 1. The number of hydrazone groups is 1. The third-order valence-corrected chi connectivity index (χ3v) is 5.24. The van der Waals surface area contributed by atoms with Gasteiger partial charge in [-0.3, -0.25) is 10.4 Å². The van der Waals surface area contributed by atoms with Gasteiger partial charge < -0.3 is 4.57 Å². The quantitative estimate of drug-likeness (QED) is 0.881. The summed E-state index contributed by atoms with van der Waals surface area (Å²) in [4.78, 5) is 4.57. The van der Waals surface area contributed by atoms with Crippen molar-refractivity contribution in [2.75, 3.05) is 12.3 Å². The molecular weight excluding hydrogens is 328 g/mol. The number of amidine groups is 1. The van der Waals surface area contributed by atoms with Crippen molar-refractivity contribution in [2.24, 2.45) is 16.0 Å². The zero-order valence-corrected chi connectivity index (χ0v) is 16.4. The van der Waals surface area contributed by atoms with Gasteiger partial charge in [-0.05, 0) is 44.4 Å². The molecule has 0 bridgehead atoms. The highest BCUT2D eigenvalue weighted by Crippen LogP contribution is 2.25. The predicted molar refractivity (Wildman–Crippen MR) is 109 cm³/mol. The molecule has 0 atom stereocenters. The summed E-state index contributed by atoms with van der Waals surface area (Å²) in [5, 5.41) is 5.51. The molecule has 0 aliphatic carbocycles. The summed E-state index contributed by atoms with van der Waals surface area (Å²) in [6, 6.07) is 10.7. The number of aromatic nitrogens is 1. The third kappa shape index (κ3) is 3.82. The summed E-state index contributed by atoms with van der Waals surface area (Å²) in [6.45, 7) is 11.7. The maximum atomic E-state index is 4.59. The van der Waals surface area contributed by atoms with Crippen molar-refractivity contribution in [2.45, 2.75) is 34.6 Å². The van der Waals surface area contributed by atoms with Crippen LogP contribution in [0.15, 0.2) is 40.4 Å². The Morgan fingerprint density at radius 3 is 2.64 bits per heavy atom. The molecule has 0 unspecified atom stereocenters. The second-order valence-corrected chi connectivity index (χ2v) is 7.87. The van der Waals surface area contributed by atoms with Gasteiger partial charge in [0, 0.05) is 34.9 Å². The summed E-state index contributed by atoms with van der Waals surface area (Å²) in [5.41, 5.74) is 10.4. The first-order valence-electron chi connectivity index (χ1n) is 8.72. The molecular formula is C20H26N4S. The largest absolute Gasteiger partial charge is 0.318 e. The average Bonchev–Trinajstić information content (AvgIpc) is 2.89. The maximum absolute atomic E-state index is 4.59. The first-order valence-corrected chi connectivity index (χ1v) is 9.71. The standard InChI is InChI=1S/C20H26N4S/c1-13(2)11-21-20-23-22-18(12-25-20)17-10-15(4)24(16(17)5)19-9-7-6-8-14(19)3/h6-10,13H,11-12H2,1-5H3,(H,21,23). The summed E-state index contributed by atoms with van der Waals surface area (Å²) >= 11 is 1.73. The zero-order chi connectivity index (χ0) is 18.0. The second-order valence-electron chi connectivity index (χ2n) is 6.91. The number of para-hydroxylation sites is 1. The van der Waals surface area contributed by atoms with Crippen LogP contribution in [0.4, 0.5) is 0 Å². The Bertz CT molecular complexity index is 830. The molecule has 1 N–H and O–H groups in total. The molecule has 1 aliphatic heterocycles. The van der Waals surface area contributed by atoms with Gasteiger partial charge in [0.05, 0.1) is 5.71 Å². The molecule has 1 aromatic carbocycles. The number of rotatable bonds is 4. The van der Waals surface area contributed by atoms with E-state index in [1.165, 1.54) is 28.2 Å². The van der Waals surface area contributed by atoms with Gasteiger partial charge in [0.1, 0.15) is 0 Å². The smallest absolute Gasteiger partial charge is 0.177 e. The monoisotopic (exact) mass is 354 g/mol. The fourth-order valence-corrected chi connectivity index (χ4v) is 3.81. The Morgan fingerprint density at radius 2 is 2.00 bits per heavy atom. The predicted octanol–water partition coefficient (Wildman–Crippen LogP) is 4.46. The zero-order valence-electron chi connectivity index (χ0n) is 15.6. The van der Waals surface area contributed by atoms with E-state index in [0.717, 1.165) is 23.2 Å². The van der Waals surface area contributed by atoms with Crippen molar-refractivity contribution in [1.29, 1.82) is 0 Å². The van der Waals surface area contributed by atoms with Crippen LogP contribution in [0.5, 0.6) is 0 Å². The van der Waals surface area contributed by atoms with E-state index in [0.29, 0.717) is 5.92 Å². The van der Waals surface area contributed by atoms with Crippen LogP contribution in [0.2, 0.25) is 0 Å². The lowest BCUT2D eigenvalue weighted by molar-refractivity contribution is 0.664. The molecule has 1 aliphatic rings. The Labute approximate surface area is 154 Å². The van der Waals surface area contributed by atoms with E-state index in [1.807, 2.05) is 0 Å². The number of hydrogen-bond acceptors (Lipinski definition) is 3. The van der Waals surface area contributed by atoms with Crippen LogP contribution in [0.25, 0.3) is 5.69 Å². The van der Waals surface area contributed by atoms with Crippen molar-refractivity contribution in [3.63, 3.8) is 0 Å². The second kappa shape index (κ2) is 7.48. The van der Waals surface area contributed by atoms with Crippen LogP contribution in [0, 0.1) is 26.7 Å². The lowest BCUT2D eigenvalue weighted by atomic mass is 10.1. The minimum absolute atomic E-state index is 0.563. The molecule has 1 aromatic heterocycles. The van der Waals surface area contributed by atoms with Crippen molar-refractivity contribution in [3.05, 3.63) is 52.8 Å². The van der Waals surface area contributed by atoms with E-state index in [-0.39, 0.29) is 0 Å². The molecule has 0 amide bonds. The normalized spacial score (nSPS) is 16.2. The Balaban J connectivity index is 1.89. The summed E-state index contributed by atoms with van der Waals surface area (Å²) in [7, 11) is 0. The molecule has 4 nitrogen and oxygen atoms in total. The Hall–Kier alpha value is -2.01. The molecule has 2 aromatic rings. The SMILES string of the molecule is Cc1ccccc1-n1c(C)cc(C2=NNC(=NCC(C)C)SC2)c1C. The van der Waals surface area contributed by atoms with Gasteiger partial charge in [0.25, 0.3) is 0 Å². The fraction of sp³-hybridized carbons (Fsp3) is 0.400. The first kappa shape index (κ1) is 17.8. The summed E-state index contributed by atoms with van der Waals surface area (Å²) in [6.07, 6.45) is 0. The van der Waals surface area contributed by atoms with Crippen molar-refractivity contribution in [3.8, 4) is 5.69 Å². The van der Waals surface area contributed by atoms with Gasteiger partial charge in [-0.2, -0.15) is 5.10 Å². The molecule has 0 saturated heterocycles. The fourth-order valence-electron chi connectivity index (χ4n) is 3.04. The lowest BCUT2D eigenvalue weighted by Crippen LogP contribution is -2.26. The van der Waals surface area contributed by atoms with Crippen molar-refractivity contribution < 1.29 is 0 Å². The highest BCUT2D eigenvalue weighted by Gasteiger charge is 2.19. The molecule has 0 saturated carbocycles. The molecule has 0 radical (unpaired) electrons. The summed E-state index contributed by atoms with van der Waals surface area (Å²) < 4.78 is 2.32.